The fraction of sp³-hybridized carbons (Fsp3) is 0.0800. The second-order valence-electron chi connectivity index (χ2n) is 6.85. The maximum atomic E-state index is 13.2. The van der Waals surface area contributed by atoms with Crippen molar-refractivity contribution in [3.63, 3.8) is 0 Å². The molecule has 1 amide bonds. The van der Waals surface area contributed by atoms with E-state index < -0.39 is 0 Å². The lowest BCUT2D eigenvalue weighted by Gasteiger charge is -2.12. The van der Waals surface area contributed by atoms with Gasteiger partial charge in [-0.25, -0.2) is 14.4 Å². The van der Waals surface area contributed by atoms with Crippen LogP contribution in [0.5, 0.6) is 5.75 Å². The molecule has 0 saturated carbocycles. The molecular formula is C25H20FN3O2S2. The summed E-state index contributed by atoms with van der Waals surface area (Å²) in [4.78, 5) is 23.8. The van der Waals surface area contributed by atoms with Crippen molar-refractivity contribution >= 4 is 35.1 Å². The second kappa shape index (κ2) is 11.0. The molecule has 33 heavy (non-hydrogen) atoms. The molecule has 0 saturated heterocycles. The first-order chi connectivity index (χ1) is 16.1. The van der Waals surface area contributed by atoms with Gasteiger partial charge < -0.3 is 10.1 Å². The van der Waals surface area contributed by atoms with E-state index in [0.29, 0.717) is 27.2 Å². The average molecular weight is 478 g/mol. The lowest BCUT2D eigenvalue weighted by Crippen LogP contribution is -2.16. The number of methoxy groups -OCH3 is 1. The fourth-order valence-corrected chi connectivity index (χ4v) is 4.59. The van der Waals surface area contributed by atoms with Crippen molar-refractivity contribution in [3.05, 3.63) is 102 Å². The second-order valence-corrected chi connectivity index (χ2v) is 8.91. The highest BCUT2D eigenvalue weighted by atomic mass is 32.2. The number of nitrogens with zero attached hydrogens (tertiary/aromatic N) is 2. The summed E-state index contributed by atoms with van der Waals surface area (Å²) in [6.45, 7) is 0. The van der Waals surface area contributed by atoms with E-state index in [2.05, 4.69) is 15.3 Å². The van der Waals surface area contributed by atoms with Gasteiger partial charge in [0, 0.05) is 16.8 Å². The molecule has 0 bridgehead atoms. The SMILES string of the molecule is COc1ccccc1NC(=O)c1nc(SCc2ccc(F)cc2)ncc1Sc1ccccc1. The number of carbonyl (C=O) groups excluding carboxylic acids is 1. The molecule has 8 heteroatoms. The number of carbonyl (C=O) groups is 1. The summed E-state index contributed by atoms with van der Waals surface area (Å²) >= 11 is 2.80. The number of rotatable bonds is 8. The number of ether oxygens (including phenoxy) is 1. The largest absolute Gasteiger partial charge is 0.495 e. The van der Waals surface area contributed by atoms with Crippen LogP contribution in [-0.2, 0) is 5.75 Å². The molecular weight excluding hydrogens is 457 g/mol. The zero-order chi connectivity index (χ0) is 23.0. The Morgan fingerprint density at radius 2 is 1.73 bits per heavy atom. The number of para-hydroxylation sites is 2. The van der Waals surface area contributed by atoms with Gasteiger partial charge in [0.1, 0.15) is 17.3 Å². The van der Waals surface area contributed by atoms with E-state index in [0.717, 1.165) is 10.5 Å². The Morgan fingerprint density at radius 1 is 1.00 bits per heavy atom. The van der Waals surface area contributed by atoms with E-state index >= 15 is 0 Å². The number of hydrogen-bond acceptors (Lipinski definition) is 6. The Kier molecular flexibility index (Phi) is 7.59. The maximum Gasteiger partial charge on any atom is 0.275 e. The average Bonchev–Trinajstić information content (AvgIpc) is 2.85. The fourth-order valence-electron chi connectivity index (χ4n) is 2.93. The quantitative estimate of drug-likeness (QED) is 0.237. The first-order valence-electron chi connectivity index (χ1n) is 10.0. The standard InChI is InChI=1S/C25H20FN3O2S2/c1-31-21-10-6-5-9-20(21)28-24(30)23-22(33-19-7-3-2-4-8-19)15-27-25(29-23)32-16-17-11-13-18(26)14-12-17/h2-15H,16H2,1H3,(H,28,30). The van der Waals surface area contributed by atoms with E-state index in [1.807, 2.05) is 42.5 Å². The molecule has 0 fully saturated rings. The minimum Gasteiger partial charge on any atom is -0.495 e. The summed E-state index contributed by atoms with van der Waals surface area (Å²) in [5, 5.41) is 3.35. The Bertz CT molecular complexity index is 1240. The minimum atomic E-state index is -0.357. The molecule has 5 nitrogen and oxygen atoms in total. The summed E-state index contributed by atoms with van der Waals surface area (Å²) in [6.07, 6.45) is 1.66. The Morgan fingerprint density at radius 3 is 2.48 bits per heavy atom. The van der Waals surface area contributed by atoms with Crippen molar-refractivity contribution in [1.29, 1.82) is 0 Å². The topological polar surface area (TPSA) is 64.1 Å². The van der Waals surface area contributed by atoms with Crippen LogP contribution < -0.4 is 10.1 Å². The molecule has 4 aromatic rings. The van der Waals surface area contributed by atoms with E-state index in [9.17, 15) is 9.18 Å². The van der Waals surface area contributed by atoms with Crippen LogP contribution in [0, 0.1) is 5.82 Å². The summed E-state index contributed by atoms with van der Waals surface area (Å²) < 4.78 is 18.5. The van der Waals surface area contributed by atoms with Gasteiger partial charge >= 0.3 is 0 Å². The number of aromatic nitrogens is 2. The highest BCUT2D eigenvalue weighted by molar-refractivity contribution is 7.99. The molecule has 166 valence electrons. The monoisotopic (exact) mass is 477 g/mol. The molecule has 0 aliphatic heterocycles. The van der Waals surface area contributed by atoms with E-state index in [1.165, 1.54) is 35.7 Å². The smallest absolute Gasteiger partial charge is 0.275 e. The Balaban J connectivity index is 1.60. The maximum absolute atomic E-state index is 13.2. The van der Waals surface area contributed by atoms with Crippen LogP contribution in [0.15, 0.2) is 100 Å². The highest BCUT2D eigenvalue weighted by Gasteiger charge is 2.18. The summed E-state index contributed by atoms with van der Waals surface area (Å²) in [6, 6.07) is 23.2. The molecule has 1 N–H and O–H groups in total. The number of amides is 1. The van der Waals surface area contributed by atoms with Gasteiger partial charge in [-0.05, 0) is 42.0 Å². The lowest BCUT2D eigenvalue weighted by molar-refractivity contribution is 0.101. The molecule has 0 spiro atoms. The van der Waals surface area contributed by atoms with Gasteiger partial charge in [-0.3, -0.25) is 4.79 Å². The van der Waals surface area contributed by atoms with Gasteiger partial charge in [0.15, 0.2) is 5.16 Å². The van der Waals surface area contributed by atoms with Gasteiger partial charge in [0.2, 0.25) is 0 Å². The molecule has 0 unspecified atom stereocenters. The molecule has 3 aromatic carbocycles. The van der Waals surface area contributed by atoms with Crippen molar-refractivity contribution in [1.82, 2.24) is 9.97 Å². The molecule has 1 aromatic heterocycles. The summed E-state index contributed by atoms with van der Waals surface area (Å²) in [5.74, 6) is 0.476. The van der Waals surface area contributed by atoms with Gasteiger partial charge in [-0.1, -0.05) is 66.0 Å². The van der Waals surface area contributed by atoms with Crippen LogP contribution in [-0.4, -0.2) is 23.0 Å². The van der Waals surface area contributed by atoms with Crippen LogP contribution in [0.4, 0.5) is 10.1 Å². The predicted octanol–water partition coefficient (Wildman–Crippen LogP) is 6.32. The predicted molar refractivity (Wildman–Crippen MR) is 130 cm³/mol. The van der Waals surface area contributed by atoms with Crippen LogP contribution in [0.3, 0.4) is 0 Å². The molecule has 0 radical (unpaired) electrons. The summed E-state index contributed by atoms with van der Waals surface area (Å²) in [7, 11) is 1.55. The molecule has 0 atom stereocenters. The molecule has 0 aliphatic rings. The van der Waals surface area contributed by atoms with Crippen molar-refractivity contribution in [2.45, 2.75) is 20.7 Å². The van der Waals surface area contributed by atoms with Gasteiger partial charge in [0.05, 0.1) is 17.7 Å². The highest BCUT2D eigenvalue weighted by Crippen LogP contribution is 2.32. The van der Waals surface area contributed by atoms with Crippen molar-refractivity contribution in [2.75, 3.05) is 12.4 Å². The number of nitrogens with one attached hydrogen (secondary N) is 1. The normalized spacial score (nSPS) is 10.6. The van der Waals surface area contributed by atoms with E-state index in [4.69, 9.17) is 4.74 Å². The van der Waals surface area contributed by atoms with Crippen molar-refractivity contribution in [3.8, 4) is 5.75 Å². The third-order valence-corrected chi connectivity index (χ3v) is 6.51. The number of hydrogen-bond donors (Lipinski definition) is 1. The zero-order valence-electron chi connectivity index (χ0n) is 17.7. The third-order valence-electron chi connectivity index (χ3n) is 4.56. The van der Waals surface area contributed by atoms with Crippen LogP contribution in [0.2, 0.25) is 0 Å². The first kappa shape index (κ1) is 22.8. The zero-order valence-corrected chi connectivity index (χ0v) is 19.3. The van der Waals surface area contributed by atoms with Crippen molar-refractivity contribution < 1.29 is 13.9 Å². The van der Waals surface area contributed by atoms with Gasteiger partial charge in [-0.15, -0.1) is 0 Å². The number of anilines is 1. The molecule has 4 rings (SSSR count). The van der Waals surface area contributed by atoms with Crippen molar-refractivity contribution in [2.24, 2.45) is 0 Å². The summed E-state index contributed by atoms with van der Waals surface area (Å²) in [5.41, 5.74) is 1.76. The van der Waals surface area contributed by atoms with Crippen LogP contribution in [0.1, 0.15) is 16.1 Å². The Hall–Kier alpha value is -3.36. The number of halogens is 1. The first-order valence-corrected chi connectivity index (χ1v) is 11.8. The third kappa shape index (κ3) is 6.12. The Labute approximate surface area is 199 Å². The van der Waals surface area contributed by atoms with Crippen LogP contribution >= 0.6 is 23.5 Å². The number of thioether (sulfide) groups is 1. The molecule has 0 aliphatic carbocycles. The number of benzene rings is 3. The van der Waals surface area contributed by atoms with E-state index in [1.54, 1.807) is 37.6 Å². The van der Waals surface area contributed by atoms with Crippen LogP contribution in [0.25, 0.3) is 0 Å². The lowest BCUT2D eigenvalue weighted by atomic mass is 10.2. The van der Waals surface area contributed by atoms with E-state index in [-0.39, 0.29) is 17.4 Å². The van der Waals surface area contributed by atoms with Gasteiger partial charge in [-0.2, -0.15) is 0 Å². The van der Waals surface area contributed by atoms with Gasteiger partial charge in [0.25, 0.3) is 5.91 Å². The minimum absolute atomic E-state index is 0.270. The molecule has 1 heterocycles.